The summed E-state index contributed by atoms with van der Waals surface area (Å²) in [6, 6.07) is 15.3. The first-order valence-corrected chi connectivity index (χ1v) is 9.84. The first-order chi connectivity index (χ1) is 13.6. The van der Waals surface area contributed by atoms with Crippen molar-refractivity contribution in [2.24, 2.45) is 0 Å². The number of ether oxygens (including phenoxy) is 1. The number of amides is 1. The van der Waals surface area contributed by atoms with Crippen LogP contribution in [0.15, 0.2) is 53.9 Å². The molecular weight excluding hydrogens is 372 g/mol. The Balaban J connectivity index is 1.43. The van der Waals surface area contributed by atoms with Crippen molar-refractivity contribution in [1.29, 1.82) is 0 Å². The van der Waals surface area contributed by atoms with E-state index in [1.165, 1.54) is 5.56 Å². The van der Waals surface area contributed by atoms with Crippen molar-refractivity contribution in [3.63, 3.8) is 0 Å². The first-order valence-electron chi connectivity index (χ1n) is 8.96. The standard InChI is InChI=1S/C21H20N4O2S/c1-14-6-8-15(9-7-14)19-23-21-25(24-19)17(13-28-21)10-11-22-20(26)16-4-3-5-18(12-16)27-2/h3-9,12-13H,10-11H2,1-2H3,(H,22,26). The van der Waals surface area contributed by atoms with Crippen LogP contribution in [0.25, 0.3) is 16.3 Å². The Morgan fingerprint density at radius 2 is 2.04 bits per heavy atom. The second kappa shape index (κ2) is 7.82. The van der Waals surface area contributed by atoms with E-state index in [2.05, 4.69) is 34.5 Å². The average molecular weight is 392 g/mol. The van der Waals surface area contributed by atoms with Crippen LogP contribution in [-0.4, -0.2) is 34.2 Å². The third-order valence-electron chi connectivity index (χ3n) is 4.46. The molecule has 0 saturated heterocycles. The van der Waals surface area contributed by atoms with E-state index in [0.29, 0.717) is 30.1 Å². The van der Waals surface area contributed by atoms with Crippen LogP contribution in [0.3, 0.4) is 0 Å². The quantitative estimate of drug-likeness (QED) is 0.543. The lowest BCUT2D eigenvalue weighted by atomic mass is 10.1. The lowest BCUT2D eigenvalue weighted by Crippen LogP contribution is -2.26. The van der Waals surface area contributed by atoms with Gasteiger partial charge < -0.3 is 10.1 Å². The van der Waals surface area contributed by atoms with E-state index in [1.807, 2.05) is 28.1 Å². The first kappa shape index (κ1) is 18.2. The smallest absolute Gasteiger partial charge is 0.251 e. The van der Waals surface area contributed by atoms with Gasteiger partial charge in [-0.25, -0.2) is 4.52 Å². The maximum atomic E-state index is 12.3. The molecule has 0 bridgehead atoms. The van der Waals surface area contributed by atoms with Crippen LogP contribution in [0.5, 0.6) is 5.75 Å². The molecule has 0 aliphatic carbocycles. The number of nitrogens with zero attached hydrogens (tertiary/aromatic N) is 3. The maximum absolute atomic E-state index is 12.3. The number of aryl methyl sites for hydroxylation is 1. The summed E-state index contributed by atoms with van der Waals surface area (Å²) in [5, 5.41) is 9.62. The molecule has 142 valence electrons. The van der Waals surface area contributed by atoms with Gasteiger partial charge in [-0.15, -0.1) is 16.4 Å². The molecule has 0 atom stereocenters. The molecule has 0 spiro atoms. The molecule has 0 unspecified atom stereocenters. The SMILES string of the molecule is COc1cccc(C(=O)NCCc2csc3nc(-c4ccc(C)cc4)nn23)c1. The minimum Gasteiger partial charge on any atom is -0.497 e. The van der Waals surface area contributed by atoms with Crippen molar-refractivity contribution < 1.29 is 9.53 Å². The van der Waals surface area contributed by atoms with Gasteiger partial charge in [-0.3, -0.25) is 4.79 Å². The fraction of sp³-hybridized carbons (Fsp3) is 0.190. The molecule has 28 heavy (non-hydrogen) atoms. The van der Waals surface area contributed by atoms with Gasteiger partial charge in [0.1, 0.15) is 5.75 Å². The lowest BCUT2D eigenvalue weighted by molar-refractivity contribution is 0.0953. The van der Waals surface area contributed by atoms with Gasteiger partial charge >= 0.3 is 0 Å². The number of hydrogen-bond acceptors (Lipinski definition) is 5. The summed E-state index contributed by atoms with van der Waals surface area (Å²) in [5.41, 5.74) is 3.81. The van der Waals surface area contributed by atoms with Crippen LogP contribution >= 0.6 is 11.3 Å². The number of thiazole rings is 1. The highest BCUT2D eigenvalue weighted by atomic mass is 32.1. The van der Waals surface area contributed by atoms with E-state index in [-0.39, 0.29) is 5.91 Å². The van der Waals surface area contributed by atoms with Gasteiger partial charge in [-0.2, -0.15) is 4.98 Å². The molecule has 1 amide bonds. The van der Waals surface area contributed by atoms with Gasteiger partial charge in [-0.1, -0.05) is 35.9 Å². The number of nitrogens with one attached hydrogen (secondary N) is 1. The molecule has 7 heteroatoms. The molecule has 0 fully saturated rings. The summed E-state index contributed by atoms with van der Waals surface area (Å²) in [5.74, 6) is 1.26. The highest BCUT2D eigenvalue weighted by molar-refractivity contribution is 7.15. The molecular formula is C21H20N4O2S. The molecule has 1 N–H and O–H groups in total. The minimum absolute atomic E-state index is 0.121. The Morgan fingerprint density at radius 3 is 2.82 bits per heavy atom. The van der Waals surface area contributed by atoms with Crippen LogP contribution in [0.1, 0.15) is 21.6 Å². The lowest BCUT2D eigenvalue weighted by Gasteiger charge is -2.06. The van der Waals surface area contributed by atoms with Crippen LogP contribution in [0.4, 0.5) is 0 Å². The molecule has 0 radical (unpaired) electrons. The second-order valence-electron chi connectivity index (χ2n) is 6.46. The zero-order valence-corrected chi connectivity index (χ0v) is 16.5. The number of carbonyl (C=O) groups is 1. The number of carbonyl (C=O) groups excluding carboxylic acids is 1. The highest BCUT2D eigenvalue weighted by Gasteiger charge is 2.12. The maximum Gasteiger partial charge on any atom is 0.251 e. The fourth-order valence-electron chi connectivity index (χ4n) is 2.89. The molecule has 0 aliphatic rings. The Kier molecular flexibility index (Phi) is 5.08. The molecule has 2 heterocycles. The van der Waals surface area contributed by atoms with Crippen molar-refractivity contribution in [3.05, 3.63) is 70.7 Å². The largest absolute Gasteiger partial charge is 0.497 e. The molecule has 0 aliphatic heterocycles. The predicted octanol–water partition coefficient (Wildman–Crippen LogP) is 3.75. The number of aromatic nitrogens is 3. The Bertz CT molecular complexity index is 1120. The third kappa shape index (κ3) is 3.75. The summed E-state index contributed by atoms with van der Waals surface area (Å²) in [7, 11) is 1.59. The van der Waals surface area contributed by atoms with Gasteiger partial charge in [0, 0.05) is 29.5 Å². The number of rotatable bonds is 6. The van der Waals surface area contributed by atoms with E-state index in [1.54, 1.807) is 36.6 Å². The molecule has 6 nitrogen and oxygen atoms in total. The number of methoxy groups -OCH3 is 1. The zero-order valence-electron chi connectivity index (χ0n) is 15.7. The van der Waals surface area contributed by atoms with Crippen LogP contribution in [0.2, 0.25) is 0 Å². The van der Waals surface area contributed by atoms with Crippen molar-refractivity contribution in [3.8, 4) is 17.1 Å². The van der Waals surface area contributed by atoms with Crippen LogP contribution in [-0.2, 0) is 6.42 Å². The van der Waals surface area contributed by atoms with Crippen molar-refractivity contribution in [1.82, 2.24) is 19.9 Å². The average Bonchev–Trinajstić information content (AvgIpc) is 3.30. The van der Waals surface area contributed by atoms with Crippen LogP contribution in [0, 0.1) is 6.92 Å². The third-order valence-corrected chi connectivity index (χ3v) is 5.32. The normalized spacial score (nSPS) is 10.9. The predicted molar refractivity (Wildman–Crippen MR) is 110 cm³/mol. The number of fused-ring (bicyclic) bond motifs is 1. The van der Waals surface area contributed by atoms with E-state index in [0.717, 1.165) is 16.2 Å². The van der Waals surface area contributed by atoms with E-state index in [4.69, 9.17) is 4.74 Å². The summed E-state index contributed by atoms with van der Waals surface area (Å²) in [4.78, 5) is 17.8. The van der Waals surface area contributed by atoms with Crippen molar-refractivity contribution in [2.45, 2.75) is 13.3 Å². The minimum atomic E-state index is -0.121. The Morgan fingerprint density at radius 1 is 1.21 bits per heavy atom. The number of hydrogen-bond donors (Lipinski definition) is 1. The Hall–Kier alpha value is -3.19. The fourth-order valence-corrected chi connectivity index (χ4v) is 3.75. The summed E-state index contributed by atoms with van der Waals surface area (Å²) in [6.45, 7) is 2.57. The zero-order chi connectivity index (χ0) is 19.5. The van der Waals surface area contributed by atoms with Gasteiger partial charge in [-0.05, 0) is 25.1 Å². The summed E-state index contributed by atoms with van der Waals surface area (Å²) >= 11 is 1.55. The summed E-state index contributed by atoms with van der Waals surface area (Å²) < 4.78 is 7.02. The van der Waals surface area contributed by atoms with Crippen molar-refractivity contribution in [2.75, 3.05) is 13.7 Å². The van der Waals surface area contributed by atoms with Gasteiger partial charge in [0.25, 0.3) is 5.91 Å². The topological polar surface area (TPSA) is 68.5 Å². The molecule has 4 rings (SSSR count). The molecule has 0 saturated carbocycles. The Labute approximate surface area is 166 Å². The second-order valence-corrected chi connectivity index (χ2v) is 7.30. The highest BCUT2D eigenvalue weighted by Crippen LogP contribution is 2.21. The van der Waals surface area contributed by atoms with Crippen molar-refractivity contribution >= 4 is 22.2 Å². The molecule has 2 aromatic heterocycles. The molecule has 4 aromatic rings. The molecule has 2 aromatic carbocycles. The van der Waals surface area contributed by atoms with Gasteiger partial charge in [0.15, 0.2) is 5.82 Å². The van der Waals surface area contributed by atoms with E-state index >= 15 is 0 Å². The van der Waals surface area contributed by atoms with Gasteiger partial charge in [0.05, 0.1) is 12.8 Å². The van der Waals surface area contributed by atoms with E-state index < -0.39 is 0 Å². The summed E-state index contributed by atoms with van der Waals surface area (Å²) in [6.07, 6.45) is 0.673. The van der Waals surface area contributed by atoms with Gasteiger partial charge in [0.2, 0.25) is 4.96 Å². The monoisotopic (exact) mass is 392 g/mol. The van der Waals surface area contributed by atoms with Crippen LogP contribution < -0.4 is 10.1 Å². The van der Waals surface area contributed by atoms with E-state index in [9.17, 15) is 4.79 Å². The number of benzene rings is 2.